The molecule has 4 heteroatoms. The maximum Gasteiger partial charge on any atom is 0.220 e. The number of aromatic nitrogens is 1. The zero-order valence-corrected chi connectivity index (χ0v) is 10.6. The topological polar surface area (TPSA) is 68.0 Å². The molecule has 0 saturated heterocycles. The van der Waals surface area contributed by atoms with Crippen LogP contribution in [0.2, 0.25) is 0 Å². The second-order valence-corrected chi connectivity index (χ2v) is 4.98. The highest BCUT2D eigenvalue weighted by Gasteiger charge is 2.22. The van der Waals surface area contributed by atoms with E-state index < -0.39 is 0 Å². The average molecular weight is 247 g/mol. The highest BCUT2D eigenvalue weighted by molar-refractivity contribution is 5.76. The first kappa shape index (κ1) is 13.0. The molecule has 1 aliphatic rings. The Morgan fingerprint density at radius 2 is 2.06 bits per heavy atom. The summed E-state index contributed by atoms with van der Waals surface area (Å²) in [7, 11) is 0. The first-order valence-corrected chi connectivity index (χ1v) is 6.69. The molecule has 2 rings (SSSR count). The van der Waals surface area contributed by atoms with E-state index in [0.29, 0.717) is 6.42 Å². The molecule has 18 heavy (non-hydrogen) atoms. The van der Waals surface area contributed by atoms with Crippen LogP contribution in [0.1, 0.15) is 37.7 Å². The molecule has 1 amide bonds. The second-order valence-electron chi connectivity index (χ2n) is 4.98. The van der Waals surface area contributed by atoms with Crippen molar-refractivity contribution in [3.8, 4) is 0 Å². The largest absolute Gasteiger partial charge is 0.352 e. The molecule has 0 aliphatic heterocycles. The Morgan fingerprint density at radius 3 is 2.78 bits per heavy atom. The SMILES string of the molecule is NC1CCCCC1NC(=O)CCc1ccncc1. The van der Waals surface area contributed by atoms with Crippen LogP contribution in [0.15, 0.2) is 24.5 Å². The van der Waals surface area contributed by atoms with E-state index in [4.69, 9.17) is 5.73 Å². The summed E-state index contributed by atoms with van der Waals surface area (Å²) < 4.78 is 0. The second kappa shape index (κ2) is 6.50. The number of carbonyl (C=O) groups excluding carboxylic acids is 1. The van der Waals surface area contributed by atoms with Gasteiger partial charge in [-0.15, -0.1) is 0 Å². The number of pyridine rings is 1. The average Bonchev–Trinajstić information content (AvgIpc) is 2.40. The number of nitrogens with two attached hydrogens (primary N) is 1. The van der Waals surface area contributed by atoms with E-state index in [1.54, 1.807) is 12.4 Å². The van der Waals surface area contributed by atoms with E-state index in [2.05, 4.69) is 10.3 Å². The van der Waals surface area contributed by atoms with E-state index in [0.717, 1.165) is 24.8 Å². The Bertz CT molecular complexity index is 380. The number of aryl methyl sites for hydroxylation is 1. The Kier molecular flexibility index (Phi) is 4.70. The summed E-state index contributed by atoms with van der Waals surface area (Å²) in [5, 5.41) is 3.06. The summed E-state index contributed by atoms with van der Waals surface area (Å²) in [6, 6.07) is 4.19. The number of nitrogens with zero attached hydrogens (tertiary/aromatic N) is 1. The van der Waals surface area contributed by atoms with Gasteiger partial charge in [-0.2, -0.15) is 0 Å². The van der Waals surface area contributed by atoms with Gasteiger partial charge in [0, 0.05) is 30.9 Å². The third kappa shape index (κ3) is 3.81. The third-order valence-corrected chi connectivity index (χ3v) is 3.56. The van der Waals surface area contributed by atoms with Gasteiger partial charge in [-0.3, -0.25) is 9.78 Å². The maximum absolute atomic E-state index is 11.8. The van der Waals surface area contributed by atoms with E-state index in [-0.39, 0.29) is 18.0 Å². The number of nitrogens with one attached hydrogen (secondary N) is 1. The van der Waals surface area contributed by atoms with Crippen LogP contribution in [-0.4, -0.2) is 23.0 Å². The molecular formula is C14H21N3O. The van der Waals surface area contributed by atoms with Gasteiger partial charge in [-0.25, -0.2) is 0 Å². The van der Waals surface area contributed by atoms with Gasteiger partial charge in [0.15, 0.2) is 0 Å². The van der Waals surface area contributed by atoms with Gasteiger partial charge in [0.25, 0.3) is 0 Å². The van der Waals surface area contributed by atoms with Crippen molar-refractivity contribution in [1.29, 1.82) is 0 Å². The zero-order valence-electron chi connectivity index (χ0n) is 10.6. The van der Waals surface area contributed by atoms with Crippen molar-refractivity contribution in [3.63, 3.8) is 0 Å². The molecule has 1 aromatic heterocycles. The van der Waals surface area contributed by atoms with E-state index in [9.17, 15) is 4.79 Å². The predicted octanol–water partition coefficient (Wildman–Crippen LogP) is 1.40. The molecule has 1 aliphatic carbocycles. The van der Waals surface area contributed by atoms with Crippen LogP contribution in [-0.2, 0) is 11.2 Å². The molecule has 1 saturated carbocycles. The van der Waals surface area contributed by atoms with Crippen LogP contribution in [0.4, 0.5) is 0 Å². The molecule has 1 fully saturated rings. The fourth-order valence-corrected chi connectivity index (χ4v) is 2.43. The van der Waals surface area contributed by atoms with Crippen molar-refractivity contribution in [3.05, 3.63) is 30.1 Å². The molecule has 2 unspecified atom stereocenters. The highest BCUT2D eigenvalue weighted by atomic mass is 16.1. The summed E-state index contributed by atoms with van der Waals surface area (Å²) in [5.74, 6) is 0.106. The first-order valence-electron chi connectivity index (χ1n) is 6.69. The number of hydrogen-bond donors (Lipinski definition) is 2. The summed E-state index contributed by atoms with van der Waals surface area (Å²) in [6.45, 7) is 0. The Hall–Kier alpha value is -1.42. The minimum atomic E-state index is 0.106. The fraction of sp³-hybridized carbons (Fsp3) is 0.571. The van der Waals surface area contributed by atoms with Crippen molar-refractivity contribution >= 4 is 5.91 Å². The molecule has 1 heterocycles. The monoisotopic (exact) mass is 247 g/mol. The zero-order chi connectivity index (χ0) is 12.8. The van der Waals surface area contributed by atoms with Crippen LogP contribution in [0.5, 0.6) is 0 Å². The molecule has 4 nitrogen and oxygen atoms in total. The number of hydrogen-bond acceptors (Lipinski definition) is 3. The van der Waals surface area contributed by atoms with Gasteiger partial charge in [-0.05, 0) is 37.0 Å². The lowest BCUT2D eigenvalue weighted by atomic mass is 9.91. The van der Waals surface area contributed by atoms with Gasteiger partial charge in [0.05, 0.1) is 0 Å². The van der Waals surface area contributed by atoms with Crippen molar-refractivity contribution in [2.24, 2.45) is 5.73 Å². The van der Waals surface area contributed by atoms with Gasteiger partial charge in [-0.1, -0.05) is 12.8 Å². The van der Waals surface area contributed by atoms with Crippen molar-refractivity contribution < 1.29 is 4.79 Å². The molecule has 0 bridgehead atoms. The Balaban J connectivity index is 1.75. The number of rotatable bonds is 4. The minimum Gasteiger partial charge on any atom is -0.352 e. The molecular weight excluding hydrogens is 226 g/mol. The molecule has 1 aromatic rings. The molecule has 0 spiro atoms. The van der Waals surface area contributed by atoms with Gasteiger partial charge in [0.2, 0.25) is 5.91 Å². The van der Waals surface area contributed by atoms with Crippen LogP contribution >= 0.6 is 0 Å². The quantitative estimate of drug-likeness (QED) is 0.845. The summed E-state index contributed by atoms with van der Waals surface area (Å²) in [5.41, 5.74) is 7.16. The lowest BCUT2D eigenvalue weighted by Gasteiger charge is -2.29. The van der Waals surface area contributed by atoms with Gasteiger partial charge in [0.1, 0.15) is 0 Å². The Labute approximate surface area is 108 Å². The van der Waals surface area contributed by atoms with Crippen LogP contribution < -0.4 is 11.1 Å². The normalized spacial score (nSPS) is 23.6. The molecule has 98 valence electrons. The summed E-state index contributed by atoms with van der Waals surface area (Å²) >= 11 is 0. The van der Waals surface area contributed by atoms with Crippen molar-refractivity contribution in [2.75, 3.05) is 0 Å². The summed E-state index contributed by atoms with van der Waals surface area (Å²) in [4.78, 5) is 15.8. The number of carbonyl (C=O) groups is 1. The highest BCUT2D eigenvalue weighted by Crippen LogP contribution is 2.17. The summed E-state index contributed by atoms with van der Waals surface area (Å²) in [6.07, 6.45) is 9.18. The third-order valence-electron chi connectivity index (χ3n) is 3.56. The fourth-order valence-electron chi connectivity index (χ4n) is 2.43. The first-order chi connectivity index (χ1) is 8.75. The minimum absolute atomic E-state index is 0.106. The molecule has 0 aromatic carbocycles. The van der Waals surface area contributed by atoms with Crippen molar-refractivity contribution in [2.45, 2.75) is 50.6 Å². The molecule has 2 atom stereocenters. The van der Waals surface area contributed by atoms with E-state index in [1.807, 2.05) is 12.1 Å². The van der Waals surface area contributed by atoms with Gasteiger partial charge >= 0.3 is 0 Å². The Morgan fingerprint density at radius 1 is 1.33 bits per heavy atom. The van der Waals surface area contributed by atoms with Gasteiger partial charge < -0.3 is 11.1 Å². The maximum atomic E-state index is 11.8. The van der Waals surface area contributed by atoms with Crippen LogP contribution in [0.3, 0.4) is 0 Å². The number of amides is 1. The molecule has 0 radical (unpaired) electrons. The van der Waals surface area contributed by atoms with E-state index >= 15 is 0 Å². The lowest BCUT2D eigenvalue weighted by Crippen LogP contribution is -2.49. The van der Waals surface area contributed by atoms with Crippen molar-refractivity contribution in [1.82, 2.24) is 10.3 Å². The standard InChI is InChI=1S/C14H21N3O/c15-12-3-1-2-4-13(12)17-14(18)6-5-11-7-9-16-10-8-11/h7-10,12-13H,1-6,15H2,(H,17,18). The lowest BCUT2D eigenvalue weighted by molar-refractivity contribution is -0.122. The van der Waals surface area contributed by atoms with E-state index in [1.165, 1.54) is 12.8 Å². The predicted molar refractivity (Wildman–Crippen MR) is 70.9 cm³/mol. The molecule has 3 N–H and O–H groups in total. The van der Waals surface area contributed by atoms with Crippen LogP contribution in [0, 0.1) is 0 Å². The van der Waals surface area contributed by atoms with Crippen LogP contribution in [0.25, 0.3) is 0 Å². The smallest absolute Gasteiger partial charge is 0.220 e.